The SMILES string of the molecule is O=C(NC1CCCCC1)C1=CN(c2ccnc3[nH]ccc23)CCS1. The van der Waals surface area contributed by atoms with Gasteiger partial charge in [-0.3, -0.25) is 4.79 Å². The summed E-state index contributed by atoms with van der Waals surface area (Å²) < 4.78 is 0. The average molecular weight is 342 g/mol. The van der Waals surface area contributed by atoms with Gasteiger partial charge in [-0.25, -0.2) is 4.98 Å². The Labute approximate surface area is 145 Å². The van der Waals surface area contributed by atoms with Crippen molar-refractivity contribution in [2.24, 2.45) is 0 Å². The third-order valence-electron chi connectivity index (χ3n) is 4.77. The van der Waals surface area contributed by atoms with Crippen molar-refractivity contribution in [2.75, 3.05) is 17.2 Å². The van der Waals surface area contributed by atoms with Gasteiger partial charge in [0.05, 0.1) is 10.6 Å². The first-order chi connectivity index (χ1) is 11.8. The quantitative estimate of drug-likeness (QED) is 0.897. The minimum absolute atomic E-state index is 0.0796. The maximum Gasteiger partial charge on any atom is 0.259 e. The molecule has 1 fully saturated rings. The molecule has 126 valence electrons. The lowest BCUT2D eigenvalue weighted by atomic mass is 9.95. The van der Waals surface area contributed by atoms with Crippen LogP contribution in [0.1, 0.15) is 32.1 Å². The van der Waals surface area contributed by atoms with Crippen LogP contribution in [0.25, 0.3) is 11.0 Å². The minimum Gasteiger partial charge on any atom is -0.349 e. The largest absolute Gasteiger partial charge is 0.349 e. The first-order valence-corrected chi connectivity index (χ1v) is 9.64. The van der Waals surface area contributed by atoms with Crippen LogP contribution in [-0.2, 0) is 4.79 Å². The Kier molecular flexibility index (Phi) is 4.47. The van der Waals surface area contributed by atoms with E-state index in [1.807, 2.05) is 30.7 Å². The molecule has 0 aromatic carbocycles. The summed E-state index contributed by atoms with van der Waals surface area (Å²) in [6.45, 7) is 0.898. The lowest BCUT2D eigenvalue weighted by molar-refractivity contribution is -0.117. The number of anilines is 1. The van der Waals surface area contributed by atoms with Crippen LogP contribution in [0.15, 0.2) is 35.6 Å². The molecule has 1 saturated carbocycles. The van der Waals surface area contributed by atoms with Crippen LogP contribution in [0.5, 0.6) is 0 Å². The Morgan fingerprint density at radius 2 is 2.17 bits per heavy atom. The summed E-state index contributed by atoms with van der Waals surface area (Å²) >= 11 is 1.65. The molecular formula is C18H22N4OS. The minimum atomic E-state index is 0.0796. The molecule has 1 aliphatic carbocycles. The number of nitrogens with zero attached hydrogens (tertiary/aromatic N) is 2. The first kappa shape index (κ1) is 15.6. The molecule has 2 aromatic rings. The van der Waals surface area contributed by atoms with Gasteiger partial charge in [-0.1, -0.05) is 19.3 Å². The predicted molar refractivity (Wildman–Crippen MR) is 99.0 cm³/mol. The highest BCUT2D eigenvalue weighted by Crippen LogP contribution is 2.30. The standard InChI is InChI=1S/C18H22N4OS/c23-18(21-13-4-2-1-3-5-13)16-12-22(10-11-24-16)15-7-9-20-17-14(15)6-8-19-17/h6-9,12-13H,1-5,10-11H2,(H,19,20)(H,21,23). The predicted octanol–water partition coefficient (Wildman–Crippen LogP) is 3.41. The van der Waals surface area contributed by atoms with Crippen molar-refractivity contribution in [3.8, 4) is 0 Å². The van der Waals surface area contributed by atoms with E-state index >= 15 is 0 Å². The molecule has 24 heavy (non-hydrogen) atoms. The van der Waals surface area contributed by atoms with E-state index in [0.717, 1.165) is 46.8 Å². The fourth-order valence-corrected chi connectivity index (χ4v) is 4.41. The number of fused-ring (bicyclic) bond motifs is 1. The van der Waals surface area contributed by atoms with E-state index in [1.165, 1.54) is 19.3 Å². The number of pyridine rings is 1. The van der Waals surface area contributed by atoms with E-state index in [-0.39, 0.29) is 5.91 Å². The lowest BCUT2D eigenvalue weighted by Gasteiger charge is -2.28. The van der Waals surface area contributed by atoms with Crippen molar-refractivity contribution in [3.05, 3.63) is 35.6 Å². The van der Waals surface area contributed by atoms with Gasteiger partial charge in [0, 0.05) is 42.3 Å². The number of aromatic nitrogens is 2. The lowest BCUT2D eigenvalue weighted by Crippen LogP contribution is -2.38. The Morgan fingerprint density at radius 1 is 1.29 bits per heavy atom. The number of nitrogens with one attached hydrogen (secondary N) is 2. The number of rotatable bonds is 3. The van der Waals surface area contributed by atoms with E-state index in [9.17, 15) is 4.79 Å². The second kappa shape index (κ2) is 6.89. The van der Waals surface area contributed by atoms with Crippen LogP contribution >= 0.6 is 11.8 Å². The summed E-state index contributed by atoms with van der Waals surface area (Å²) in [5, 5.41) is 4.31. The second-order valence-electron chi connectivity index (χ2n) is 6.41. The highest BCUT2D eigenvalue weighted by atomic mass is 32.2. The number of H-pyrrole nitrogens is 1. The second-order valence-corrected chi connectivity index (χ2v) is 7.55. The number of thioether (sulfide) groups is 1. The number of hydrogen-bond acceptors (Lipinski definition) is 4. The first-order valence-electron chi connectivity index (χ1n) is 8.65. The van der Waals surface area contributed by atoms with Gasteiger partial charge in [0.25, 0.3) is 5.91 Å². The molecule has 2 aromatic heterocycles. The van der Waals surface area contributed by atoms with Gasteiger partial charge in [-0.2, -0.15) is 0 Å². The zero-order chi connectivity index (χ0) is 16.4. The van der Waals surface area contributed by atoms with Crippen molar-refractivity contribution in [1.29, 1.82) is 0 Å². The Bertz CT molecular complexity index is 763. The van der Waals surface area contributed by atoms with Crippen molar-refractivity contribution in [2.45, 2.75) is 38.1 Å². The highest BCUT2D eigenvalue weighted by Gasteiger charge is 2.22. The van der Waals surface area contributed by atoms with Crippen LogP contribution < -0.4 is 10.2 Å². The maximum atomic E-state index is 12.6. The third kappa shape index (κ3) is 3.15. The monoisotopic (exact) mass is 342 g/mol. The Hall–Kier alpha value is -1.95. The summed E-state index contributed by atoms with van der Waals surface area (Å²) in [5.74, 6) is 0.994. The summed E-state index contributed by atoms with van der Waals surface area (Å²) in [6, 6.07) is 4.40. The number of hydrogen-bond donors (Lipinski definition) is 2. The van der Waals surface area contributed by atoms with Gasteiger partial charge in [0.1, 0.15) is 5.65 Å². The Balaban J connectivity index is 1.54. The third-order valence-corrected chi connectivity index (χ3v) is 5.76. The van der Waals surface area contributed by atoms with Crippen molar-refractivity contribution in [3.63, 3.8) is 0 Å². The van der Waals surface area contributed by atoms with Gasteiger partial charge >= 0.3 is 0 Å². The molecular weight excluding hydrogens is 320 g/mol. The molecule has 5 nitrogen and oxygen atoms in total. The van der Waals surface area contributed by atoms with Crippen molar-refractivity contribution >= 4 is 34.4 Å². The fraction of sp³-hybridized carbons (Fsp3) is 0.444. The molecule has 0 saturated heterocycles. The van der Waals surface area contributed by atoms with Gasteiger partial charge < -0.3 is 15.2 Å². The summed E-state index contributed by atoms with van der Waals surface area (Å²) in [5.41, 5.74) is 1.98. The van der Waals surface area contributed by atoms with Crippen molar-refractivity contribution < 1.29 is 4.79 Å². The molecule has 0 atom stereocenters. The van der Waals surface area contributed by atoms with Gasteiger partial charge in [-0.05, 0) is 25.0 Å². The summed E-state index contributed by atoms with van der Waals surface area (Å²) in [6.07, 6.45) is 11.7. The smallest absolute Gasteiger partial charge is 0.259 e. The van der Waals surface area contributed by atoms with Gasteiger partial charge in [0.2, 0.25) is 0 Å². The fourth-order valence-electron chi connectivity index (χ4n) is 3.51. The molecule has 0 spiro atoms. The van der Waals surface area contributed by atoms with Crippen LogP contribution in [0, 0.1) is 0 Å². The highest BCUT2D eigenvalue weighted by molar-refractivity contribution is 8.04. The van der Waals surface area contributed by atoms with Crippen LogP contribution in [0.2, 0.25) is 0 Å². The summed E-state index contributed by atoms with van der Waals surface area (Å²) in [4.78, 5) is 23.1. The molecule has 3 heterocycles. The van der Waals surface area contributed by atoms with Crippen LogP contribution in [-0.4, -0.2) is 34.2 Å². The van der Waals surface area contributed by atoms with E-state index < -0.39 is 0 Å². The zero-order valence-electron chi connectivity index (χ0n) is 13.6. The maximum absolute atomic E-state index is 12.6. The normalized spacial score (nSPS) is 19.3. The molecule has 6 heteroatoms. The molecule has 1 amide bonds. The van der Waals surface area contributed by atoms with Gasteiger partial charge in [-0.15, -0.1) is 11.8 Å². The molecule has 0 radical (unpaired) electrons. The molecule has 2 aliphatic rings. The van der Waals surface area contributed by atoms with Crippen LogP contribution in [0.4, 0.5) is 5.69 Å². The molecule has 0 bridgehead atoms. The van der Waals surface area contributed by atoms with E-state index in [0.29, 0.717) is 6.04 Å². The summed E-state index contributed by atoms with van der Waals surface area (Å²) in [7, 11) is 0. The number of aromatic amines is 1. The van der Waals surface area contributed by atoms with Crippen LogP contribution in [0.3, 0.4) is 0 Å². The average Bonchev–Trinajstić information content (AvgIpc) is 3.11. The molecule has 1 aliphatic heterocycles. The zero-order valence-corrected chi connectivity index (χ0v) is 14.4. The van der Waals surface area contributed by atoms with E-state index in [4.69, 9.17) is 0 Å². The molecule has 2 N–H and O–H groups in total. The molecule has 0 unspecified atom stereocenters. The van der Waals surface area contributed by atoms with E-state index in [1.54, 1.807) is 11.8 Å². The topological polar surface area (TPSA) is 61.0 Å². The van der Waals surface area contributed by atoms with Crippen molar-refractivity contribution in [1.82, 2.24) is 15.3 Å². The number of amides is 1. The van der Waals surface area contributed by atoms with E-state index in [2.05, 4.69) is 20.2 Å². The van der Waals surface area contributed by atoms with Gasteiger partial charge in [0.15, 0.2) is 0 Å². The Morgan fingerprint density at radius 3 is 3.04 bits per heavy atom. The number of carbonyl (C=O) groups excluding carboxylic acids is 1. The number of carbonyl (C=O) groups is 1. The molecule has 4 rings (SSSR count).